The molecule has 2 aromatic rings. The van der Waals surface area contributed by atoms with Crippen LogP contribution < -0.4 is 10.3 Å². The molecule has 1 aromatic heterocycles. The summed E-state index contributed by atoms with van der Waals surface area (Å²) < 4.78 is 6.77. The van der Waals surface area contributed by atoms with Crippen LogP contribution in [0.25, 0.3) is 11.1 Å². The monoisotopic (exact) mass is 215 g/mol. The second-order valence-corrected chi connectivity index (χ2v) is 3.57. The smallest absolute Gasteiger partial charge is 0.254 e. The van der Waals surface area contributed by atoms with Gasteiger partial charge in [0.2, 0.25) is 0 Å². The topological polar surface area (TPSA) is 31.2 Å². The van der Waals surface area contributed by atoms with E-state index in [1.54, 1.807) is 24.9 Å². The van der Waals surface area contributed by atoms with Gasteiger partial charge in [0.25, 0.3) is 5.56 Å². The quantitative estimate of drug-likeness (QED) is 0.767. The Labute approximate surface area is 93.9 Å². The van der Waals surface area contributed by atoms with Gasteiger partial charge in [-0.05, 0) is 5.56 Å². The van der Waals surface area contributed by atoms with Crippen molar-refractivity contribution >= 4 is 0 Å². The van der Waals surface area contributed by atoms with E-state index >= 15 is 0 Å². The fraction of sp³-hybridized carbons (Fsp3) is 0.154. The van der Waals surface area contributed by atoms with Gasteiger partial charge < -0.3 is 9.30 Å². The van der Waals surface area contributed by atoms with E-state index in [9.17, 15) is 4.79 Å². The highest BCUT2D eigenvalue weighted by atomic mass is 16.5. The third-order valence-corrected chi connectivity index (χ3v) is 2.50. The molecular formula is C13H13NO2. The lowest BCUT2D eigenvalue weighted by molar-refractivity contribution is 0.414. The Kier molecular flexibility index (Phi) is 2.77. The van der Waals surface area contributed by atoms with Gasteiger partial charge in [0.15, 0.2) is 0 Å². The molecule has 0 amide bonds. The predicted molar refractivity (Wildman–Crippen MR) is 63.7 cm³/mol. The van der Waals surface area contributed by atoms with Crippen molar-refractivity contribution in [1.82, 2.24) is 4.57 Å². The number of aromatic nitrogens is 1. The van der Waals surface area contributed by atoms with Gasteiger partial charge in [0.05, 0.1) is 7.11 Å². The second kappa shape index (κ2) is 4.23. The Morgan fingerprint density at radius 1 is 1.19 bits per heavy atom. The average Bonchev–Trinajstić information content (AvgIpc) is 2.33. The zero-order valence-electron chi connectivity index (χ0n) is 9.31. The second-order valence-electron chi connectivity index (χ2n) is 3.57. The van der Waals surface area contributed by atoms with Crippen molar-refractivity contribution < 1.29 is 4.74 Å². The summed E-state index contributed by atoms with van der Waals surface area (Å²) in [6.45, 7) is 0. The molecule has 0 spiro atoms. The standard InChI is InChI=1S/C13H13NO2/c1-14-9-11(10-6-4-3-5-7-10)12(16-2)8-13(14)15/h3-9H,1-2H3. The lowest BCUT2D eigenvalue weighted by Crippen LogP contribution is -2.15. The number of aryl methyl sites for hydroxylation is 1. The number of hydrogen-bond acceptors (Lipinski definition) is 2. The van der Waals surface area contributed by atoms with E-state index in [4.69, 9.17) is 4.74 Å². The molecule has 0 aliphatic heterocycles. The first-order valence-corrected chi connectivity index (χ1v) is 5.02. The van der Waals surface area contributed by atoms with Crippen LogP contribution >= 0.6 is 0 Å². The number of hydrogen-bond donors (Lipinski definition) is 0. The lowest BCUT2D eigenvalue weighted by atomic mass is 10.1. The van der Waals surface area contributed by atoms with E-state index in [2.05, 4.69) is 0 Å². The molecule has 1 aromatic carbocycles. The number of ether oxygens (including phenoxy) is 1. The number of pyridine rings is 1. The molecule has 0 fully saturated rings. The molecule has 0 aliphatic carbocycles. The van der Waals surface area contributed by atoms with Crippen molar-refractivity contribution in [3.63, 3.8) is 0 Å². The minimum Gasteiger partial charge on any atom is -0.496 e. The van der Waals surface area contributed by atoms with E-state index in [0.29, 0.717) is 5.75 Å². The predicted octanol–water partition coefficient (Wildman–Crippen LogP) is 2.06. The van der Waals surface area contributed by atoms with Crippen LogP contribution in [0.1, 0.15) is 0 Å². The highest BCUT2D eigenvalue weighted by Gasteiger charge is 2.07. The molecule has 2 rings (SSSR count). The molecule has 16 heavy (non-hydrogen) atoms. The zero-order chi connectivity index (χ0) is 11.5. The fourth-order valence-electron chi connectivity index (χ4n) is 1.62. The molecule has 0 bridgehead atoms. The van der Waals surface area contributed by atoms with E-state index in [0.717, 1.165) is 11.1 Å². The van der Waals surface area contributed by atoms with E-state index in [1.807, 2.05) is 30.3 Å². The Morgan fingerprint density at radius 2 is 1.88 bits per heavy atom. The minimum atomic E-state index is -0.0727. The maximum absolute atomic E-state index is 11.5. The fourth-order valence-corrected chi connectivity index (χ4v) is 1.62. The van der Waals surface area contributed by atoms with E-state index in [-0.39, 0.29) is 5.56 Å². The molecule has 1 heterocycles. The van der Waals surface area contributed by atoms with Crippen LogP contribution in [-0.2, 0) is 7.05 Å². The maximum Gasteiger partial charge on any atom is 0.254 e. The van der Waals surface area contributed by atoms with Crippen LogP contribution in [0.4, 0.5) is 0 Å². The largest absolute Gasteiger partial charge is 0.496 e. The SMILES string of the molecule is COc1cc(=O)n(C)cc1-c1ccccc1. The van der Waals surface area contributed by atoms with Gasteiger partial charge in [0, 0.05) is 24.9 Å². The van der Waals surface area contributed by atoms with Crippen molar-refractivity contribution in [2.75, 3.05) is 7.11 Å². The Hall–Kier alpha value is -2.03. The molecule has 0 radical (unpaired) electrons. The Balaban J connectivity index is 2.65. The molecule has 82 valence electrons. The molecule has 3 nitrogen and oxygen atoms in total. The summed E-state index contributed by atoms with van der Waals surface area (Å²) in [5, 5.41) is 0. The molecule has 3 heteroatoms. The molecular weight excluding hydrogens is 202 g/mol. The molecule has 0 aliphatic rings. The third kappa shape index (κ3) is 1.84. The average molecular weight is 215 g/mol. The molecule has 0 atom stereocenters. The number of benzene rings is 1. The highest BCUT2D eigenvalue weighted by Crippen LogP contribution is 2.27. The van der Waals surface area contributed by atoms with Crippen molar-refractivity contribution in [1.29, 1.82) is 0 Å². The third-order valence-electron chi connectivity index (χ3n) is 2.50. The van der Waals surface area contributed by atoms with Crippen LogP contribution in [0.15, 0.2) is 47.4 Å². The van der Waals surface area contributed by atoms with Crippen LogP contribution in [0.3, 0.4) is 0 Å². The molecule has 0 unspecified atom stereocenters. The number of methoxy groups -OCH3 is 1. The first kappa shape index (κ1) is 10.5. The van der Waals surface area contributed by atoms with Crippen molar-refractivity contribution in [2.24, 2.45) is 7.05 Å². The van der Waals surface area contributed by atoms with Gasteiger partial charge in [-0.1, -0.05) is 30.3 Å². The van der Waals surface area contributed by atoms with E-state index < -0.39 is 0 Å². The van der Waals surface area contributed by atoms with Crippen molar-refractivity contribution in [3.05, 3.63) is 52.9 Å². The molecule has 0 saturated carbocycles. The maximum atomic E-state index is 11.5. The summed E-state index contributed by atoms with van der Waals surface area (Å²) in [7, 11) is 3.30. The summed E-state index contributed by atoms with van der Waals surface area (Å²) in [5.74, 6) is 0.606. The van der Waals surface area contributed by atoms with E-state index in [1.165, 1.54) is 6.07 Å². The summed E-state index contributed by atoms with van der Waals surface area (Å²) in [6, 6.07) is 11.4. The van der Waals surface area contributed by atoms with Crippen molar-refractivity contribution in [3.8, 4) is 16.9 Å². The van der Waals surface area contributed by atoms with Crippen LogP contribution in [0.2, 0.25) is 0 Å². The van der Waals surface area contributed by atoms with Crippen LogP contribution in [-0.4, -0.2) is 11.7 Å². The Morgan fingerprint density at radius 3 is 2.50 bits per heavy atom. The number of rotatable bonds is 2. The van der Waals surface area contributed by atoms with Gasteiger partial charge in [-0.15, -0.1) is 0 Å². The lowest BCUT2D eigenvalue weighted by Gasteiger charge is -2.09. The van der Waals surface area contributed by atoms with Gasteiger partial charge in [0.1, 0.15) is 5.75 Å². The first-order chi connectivity index (χ1) is 7.72. The van der Waals surface area contributed by atoms with Gasteiger partial charge >= 0.3 is 0 Å². The normalized spacial score (nSPS) is 10.1. The highest BCUT2D eigenvalue weighted by molar-refractivity contribution is 5.69. The van der Waals surface area contributed by atoms with Gasteiger partial charge in [-0.25, -0.2) is 0 Å². The van der Waals surface area contributed by atoms with Gasteiger partial charge in [-0.2, -0.15) is 0 Å². The van der Waals surface area contributed by atoms with Gasteiger partial charge in [-0.3, -0.25) is 4.79 Å². The summed E-state index contributed by atoms with van der Waals surface area (Å²) >= 11 is 0. The molecule has 0 N–H and O–H groups in total. The van der Waals surface area contributed by atoms with Crippen LogP contribution in [0, 0.1) is 0 Å². The first-order valence-electron chi connectivity index (χ1n) is 5.02. The van der Waals surface area contributed by atoms with Crippen LogP contribution in [0.5, 0.6) is 5.75 Å². The number of nitrogens with zero attached hydrogens (tertiary/aromatic N) is 1. The summed E-state index contributed by atoms with van der Waals surface area (Å²) in [5.41, 5.74) is 1.89. The summed E-state index contributed by atoms with van der Waals surface area (Å²) in [4.78, 5) is 11.5. The Bertz CT molecular complexity index is 544. The zero-order valence-corrected chi connectivity index (χ0v) is 9.31. The molecule has 0 saturated heterocycles. The van der Waals surface area contributed by atoms with Crippen molar-refractivity contribution in [2.45, 2.75) is 0 Å². The summed E-state index contributed by atoms with van der Waals surface area (Å²) in [6.07, 6.45) is 1.79. The minimum absolute atomic E-state index is 0.0727.